The summed E-state index contributed by atoms with van der Waals surface area (Å²) in [6.45, 7) is 1.49. The number of carbonyl (C=O) groups is 3. The SMILES string of the molecule is O=C(O)CCCNC(=O)C1CCCN(C(=O)Cc2ccccc2)C1. The highest BCUT2D eigenvalue weighted by Gasteiger charge is 2.28. The largest absolute Gasteiger partial charge is 0.481 e. The van der Waals surface area contributed by atoms with Crippen LogP contribution in [0.25, 0.3) is 0 Å². The first-order valence-electron chi connectivity index (χ1n) is 8.37. The fourth-order valence-corrected chi connectivity index (χ4v) is 2.90. The second-order valence-electron chi connectivity index (χ2n) is 6.13. The quantitative estimate of drug-likeness (QED) is 0.740. The molecule has 1 fully saturated rings. The summed E-state index contributed by atoms with van der Waals surface area (Å²) in [5.74, 6) is -1.11. The van der Waals surface area contributed by atoms with E-state index in [9.17, 15) is 14.4 Å². The number of carboxylic acids is 1. The third-order valence-electron chi connectivity index (χ3n) is 4.21. The maximum Gasteiger partial charge on any atom is 0.303 e. The molecule has 2 rings (SSSR count). The van der Waals surface area contributed by atoms with E-state index in [2.05, 4.69) is 5.32 Å². The molecule has 6 nitrogen and oxygen atoms in total. The first-order chi connectivity index (χ1) is 11.6. The zero-order valence-corrected chi connectivity index (χ0v) is 13.7. The number of piperidine rings is 1. The van der Waals surface area contributed by atoms with Gasteiger partial charge in [0.1, 0.15) is 0 Å². The molecule has 2 amide bonds. The Hall–Kier alpha value is -2.37. The molecule has 1 unspecified atom stereocenters. The number of hydrogen-bond donors (Lipinski definition) is 2. The Bertz CT molecular complexity index is 574. The van der Waals surface area contributed by atoms with Gasteiger partial charge in [-0.1, -0.05) is 30.3 Å². The van der Waals surface area contributed by atoms with Crippen molar-refractivity contribution in [3.63, 3.8) is 0 Å². The van der Waals surface area contributed by atoms with E-state index in [4.69, 9.17) is 5.11 Å². The van der Waals surface area contributed by atoms with Crippen LogP contribution in [0.1, 0.15) is 31.2 Å². The van der Waals surface area contributed by atoms with Gasteiger partial charge in [-0.2, -0.15) is 0 Å². The van der Waals surface area contributed by atoms with Crippen molar-refractivity contribution in [2.24, 2.45) is 5.92 Å². The van der Waals surface area contributed by atoms with E-state index in [1.54, 1.807) is 4.90 Å². The zero-order valence-electron chi connectivity index (χ0n) is 13.7. The molecule has 0 aliphatic carbocycles. The van der Waals surface area contributed by atoms with E-state index in [1.165, 1.54) is 0 Å². The summed E-state index contributed by atoms with van der Waals surface area (Å²) in [6.07, 6.45) is 2.40. The Morgan fingerprint density at radius 1 is 1.21 bits per heavy atom. The van der Waals surface area contributed by atoms with E-state index in [-0.39, 0.29) is 24.2 Å². The monoisotopic (exact) mass is 332 g/mol. The summed E-state index contributed by atoms with van der Waals surface area (Å²) in [5, 5.41) is 11.4. The number of carbonyl (C=O) groups excluding carboxylic acids is 2. The molecule has 1 aliphatic heterocycles. The van der Waals surface area contributed by atoms with E-state index in [1.807, 2.05) is 30.3 Å². The maximum atomic E-state index is 12.4. The topological polar surface area (TPSA) is 86.7 Å². The number of benzene rings is 1. The molecule has 6 heteroatoms. The van der Waals surface area contributed by atoms with Gasteiger partial charge in [0, 0.05) is 26.1 Å². The molecule has 2 N–H and O–H groups in total. The number of carboxylic acid groups (broad SMARTS) is 1. The lowest BCUT2D eigenvalue weighted by Crippen LogP contribution is -2.46. The van der Waals surface area contributed by atoms with Crippen molar-refractivity contribution in [2.45, 2.75) is 32.1 Å². The minimum atomic E-state index is -0.861. The maximum absolute atomic E-state index is 12.4. The van der Waals surface area contributed by atoms with Gasteiger partial charge in [-0.3, -0.25) is 14.4 Å². The van der Waals surface area contributed by atoms with Crippen LogP contribution in [0.3, 0.4) is 0 Å². The van der Waals surface area contributed by atoms with Gasteiger partial charge in [-0.25, -0.2) is 0 Å². The van der Waals surface area contributed by atoms with Crippen molar-refractivity contribution in [3.8, 4) is 0 Å². The van der Waals surface area contributed by atoms with E-state index < -0.39 is 5.97 Å². The fourth-order valence-electron chi connectivity index (χ4n) is 2.90. The van der Waals surface area contributed by atoms with Crippen molar-refractivity contribution in [2.75, 3.05) is 19.6 Å². The van der Waals surface area contributed by atoms with Gasteiger partial charge in [-0.05, 0) is 24.8 Å². The second-order valence-corrected chi connectivity index (χ2v) is 6.13. The number of nitrogens with zero attached hydrogens (tertiary/aromatic N) is 1. The molecule has 0 radical (unpaired) electrons. The lowest BCUT2D eigenvalue weighted by Gasteiger charge is -2.32. The molecule has 1 aromatic carbocycles. The molecule has 0 aromatic heterocycles. The minimum Gasteiger partial charge on any atom is -0.481 e. The van der Waals surface area contributed by atoms with Gasteiger partial charge in [0.05, 0.1) is 12.3 Å². The first-order valence-corrected chi connectivity index (χ1v) is 8.37. The Morgan fingerprint density at radius 3 is 2.67 bits per heavy atom. The third-order valence-corrected chi connectivity index (χ3v) is 4.21. The second kappa shape index (κ2) is 9.05. The highest BCUT2D eigenvalue weighted by Crippen LogP contribution is 2.18. The Kier molecular flexibility index (Phi) is 6.78. The molecule has 1 heterocycles. The predicted molar refractivity (Wildman–Crippen MR) is 89.3 cm³/mol. The summed E-state index contributed by atoms with van der Waals surface area (Å²) in [5.41, 5.74) is 0.975. The number of rotatable bonds is 7. The summed E-state index contributed by atoms with van der Waals surface area (Å²) in [4.78, 5) is 36.8. The molecule has 130 valence electrons. The van der Waals surface area contributed by atoms with Crippen LogP contribution in [-0.4, -0.2) is 47.4 Å². The number of amides is 2. The number of hydrogen-bond acceptors (Lipinski definition) is 3. The van der Waals surface area contributed by atoms with Crippen LogP contribution in [0.4, 0.5) is 0 Å². The van der Waals surface area contributed by atoms with E-state index in [0.717, 1.165) is 18.4 Å². The highest BCUT2D eigenvalue weighted by atomic mass is 16.4. The van der Waals surface area contributed by atoms with Crippen LogP contribution in [0, 0.1) is 5.92 Å². The Balaban J connectivity index is 1.79. The minimum absolute atomic E-state index is 0.0459. The number of likely N-dealkylation sites (tertiary alicyclic amines) is 1. The van der Waals surface area contributed by atoms with Crippen molar-refractivity contribution >= 4 is 17.8 Å². The zero-order chi connectivity index (χ0) is 17.4. The lowest BCUT2D eigenvalue weighted by molar-refractivity contribution is -0.138. The third kappa shape index (κ3) is 5.68. The average Bonchev–Trinajstić information content (AvgIpc) is 2.59. The van der Waals surface area contributed by atoms with Crippen LogP contribution in [0.2, 0.25) is 0 Å². The Morgan fingerprint density at radius 2 is 1.96 bits per heavy atom. The molecule has 24 heavy (non-hydrogen) atoms. The van der Waals surface area contributed by atoms with Crippen LogP contribution >= 0.6 is 0 Å². The standard InChI is InChI=1S/C18H24N2O4/c21-16(12-14-6-2-1-3-7-14)20-11-5-8-15(13-20)18(24)19-10-4-9-17(22)23/h1-3,6-7,15H,4-5,8-13H2,(H,19,24)(H,22,23). The fraction of sp³-hybridized carbons (Fsp3) is 0.500. The number of nitrogens with one attached hydrogen (secondary N) is 1. The molecule has 0 bridgehead atoms. The van der Waals surface area contributed by atoms with Crippen molar-refractivity contribution in [1.29, 1.82) is 0 Å². The molecule has 0 saturated carbocycles. The van der Waals surface area contributed by atoms with Gasteiger partial charge in [0.25, 0.3) is 0 Å². The first kappa shape index (κ1) is 18.0. The molecular weight excluding hydrogens is 308 g/mol. The summed E-state index contributed by atoms with van der Waals surface area (Å²) in [7, 11) is 0. The average molecular weight is 332 g/mol. The van der Waals surface area contributed by atoms with E-state index >= 15 is 0 Å². The molecule has 1 atom stereocenters. The smallest absolute Gasteiger partial charge is 0.303 e. The highest BCUT2D eigenvalue weighted by molar-refractivity contribution is 5.82. The van der Waals surface area contributed by atoms with Crippen molar-refractivity contribution in [1.82, 2.24) is 10.2 Å². The Labute approximate surface area is 141 Å². The molecule has 0 spiro atoms. The van der Waals surface area contributed by atoms with Crippen molar-refractivity contribution in [3.05, 3.63) is 35.9 Å². The van der Waals surface area contributed by atoms with E-state index in [0.29, 0.717) is 32.5 Å². The van der Waals surface area contributed by atoms with Gasteiger partial charge in [0.2, 0.25) is 11.8 Å². The molecular formula is C18H24N2O4. The van der Waals surface area contributed by atoms with Gasteiger partial charge in [-0.15, -0.1) is 0 Å². The molecule has 1 aromatic rings. The van der Waals surface area contributed by atoms with Crippen LogP contribution in [0.5, 0.6) is 0 Å². The lowest BCUT2D eigenvalue weighted by atomic mass is 9.96. The predicted octanol–water partition coefficient (Wildman–Crippen LogP) is 1.45. The van der Waals surface area contributed by atoms with Crippen LogP contribution in [0.15, 0.2) is 30.3 Å². The summed E-state index contributed by atoms with van der Waals surface area (Å²) >= 11 is 0. The van der Waals surface area contributed by atoms with Crippen LogP contribution in [-0.2, 0) is 20.8 Å². The molecule has 1 aliphatic rings. The van der Waals surface area contributed by atoms with Gasteiger partial charge >= 0.3 is 5.97 Å². The number of aliphatic carboxylic acids is 1. The van der Waals surface area contributed by atoms with Crippen LogP contribution < -0.4 is 5.32 Å². The van der Waals surface area contributed by atoms with Gasteiger partial charge in [0.15, 0.2) is 0 Å². The van der Waals surface area contributed by atoms with Crippen molar-refractivity contribution < 1.29 is 19.5 Å². The molecule has 1 saturated heterocycles. The summed E-state index contributed by atoms with van der Waals surface area (Å²) < 4.78 is 0. The normalized spacial score (nSPS) is 17.3. The van der Waals surface area contributed by atoms with Gasteiger partial charge < -0.3 is 15.3 Å². The summed E-state index contributed by atoms with van der Waals surface area (Å²) in [6, 6.07) is 9.58.